The standard InChI is InChI=1S/C14H20ClN3O2/c1-2-5-16-13-9-10(8-12(15)17-13)14(20)18-6-3-11(19)4-7-18/h8-9,11,19H,2-7H2,1H3,(H,16,17). The maximum Gasteiger partial charge on any atom is 0.254 e. The molecule has 2 heterocycles. The van der Waals surface area contributed by atoms with E-state index in [4.69, 9.17) is 11.6 Å². The number of likely N-dealkylation sites (tertiary alicyclic amines) is 1. The van der Waals surface area contributed by atoms with Crippen LogP contribution in [0.2, 0.25) is 5.15 Å². The van der Waals surface area contributed by atoms with Crippen molar-refractivity contribution in [3.63, 3.8) is 0 Å². The van der Waals surface area contributed by atoms with Crippen molar-refractivity contribution in [1.29, 1.82) is 0 Å². The number of hydrogen-bond acceptors (Lipinski definition) is 4. The number of aliphatic hydroxyl groups is 1. The van der Waals surface area contributed by atoms with Crippen LogP contribution < -0.4 is 5.32 Å². The van der Waals surface area contributed by atoms with Crippen LogP contribution in [0.25, 0.3) is 0 Å². The molecule has 1 aromatic rings. The molecule has 0 bridgehead atoms. The number of hydrogen-bond donors (Lipinski definition) is 2. The number of pyridine rings is 1. The van der Waals surface area contributed by atoms with Gasteiger partial charge in [0.15, 0.2) is 0 Å². The summed E-state index contributed by atoms with van der Waals surface area (Å²) in [5, 5.41) is 12.9. The number of nitrogens with zero attached hydrogens (tertiary/aromatic N) is 2. The zero-order valence-corrected chi connectivity index (χ0v) is 12.4. The van der Waals surface area contributed by atoms with Crippen LogP contribution in [0.15, 0.2) is 12.1 Å². The number of amides is 1. The average Bonchev–Trinajstić information content (AvgIpc) is 2.44. The van der Waals surface area contributed by atoms with Gasteiger partial charge in [0.2, 0.25) is 0 Å². The Balaban J connectivity index is 2.10. The van der Waals surface area contributed by atoms with Crippen molar-refractivity contribution >= 4 is 23.3 Å². The first-order chi connectivity index (χ1) is 9.60. The van der Waals surface area contributed by atoms with Gasteiger partial charge in [-0.05, 0) is 31.4 Å². The van der Waals surface area contributed by atoms with Gasteiger partial charge in [-0.2, -0.15) is 0 Å². The molecule has 1 fully saturated rings. The van der Waals surface area contributed by atoms with Gasteiger partial charge in [0.25, 0.3) is 5.91 Å². The average molecular weight is 298 g/mol. The van der Waals surface area contributed by atoms with Crippen molar-refractivity contribution in [2.45, 2.75) is 32.3 Å². The van der Waals surface area contributed by atoms with E-state index >= 15 is 0 Å². The number of halogens is 1. The maximum absolute atomic E-state index is 12.4. The van der Waals surface area contributed by atoms with Crippen LogP contribution in [0, 0.1) is 0 Å². The Morgan fingerprint density at radius 3 is 2.85 bits per heavy atom. The zero-order chi connectivity index (χ0) is 14.5. The molecule has 0 radical (unpaired) electrons. The van der Waals surface area contributed by atoms with Crippen molar-refractivity contribution in [2.24, 2.45) is 0 Å². The molecule has 1 aliphatic heterocycles. The smallest absolute Gasteiger partial charge is 0.254 e. The molecule has 0 spiro atoms. The quantitative estimate of drug-likeness (QED) is 0.836. The highest BCUT2D eigenvalue weighted by molar-refractivity contribution is 6.29. The second-order valence-electron chi connectivity index (χ2n) is 5.01. The molecular formula is C14H20ClN3O2. The van der Waals surface area contributed by atoms with Gasteiger partial charge < -0.3 is 15.3 Å². The SMILES string of the molecule is CCCNc1cc(C(=O)N2CCC(O)CC2)cc(Cl)n1. The molecule has 0 saturated carbocycles. The highest BCUT2D eigenvalue weighted by Gasteiger charge is 2.23. The number of carbonyl (C=O) groups excluding carboxylic acids is 1. The Bertz CT molecular complexity index is 473. The van der Waals surface area contributed by atoms with E-state index in [0.29, 0.717) is 42.5 Å². The highest BCUT2D eigenvalue weighted by Crippen LogP contribution is 2.19. The minimum atomic E-state index is -0.290. The Labute approximate surface area is 123 Å². The number of aliphatic hydroxyl groups excluding tert-OH is 1. The van der Waals surface area contributed by atoms with Crippen LogP contribution in [0.1, 0.15) is 36.5 Å². The van der Waals surface area contributed by atoms with Crippen molar-refractivity contribution in [2.75, 3.05) is 25.0 Å². The summed E-state index contributed by atoms with van der Waals surface area (Å²) < 4.78 is 0. The number of piperidine rings is 1. The molecule has 1 saturated heterocycles. The lowest BCUT2D eigenvalue weighted by Gasteiger charge is -2.29. The third kappa shape index (κ3) is 3.84. The summed E-state index contributed by atoms with van der Waals surface area (Å²) in [5.41, 5.74) is 0.542. The molecule has 0 aliphatic carbocycles. The largest absolute Gasteiger partial charge is 0.393 e. The lowest BCUT2D eigenvalue weighted by atomic mass is 10.1. The summed E-state index contributed by atoms with van der Waals surface area (Å²) in [7, 11) is 0. The van der Waals surface area contributed by atoms with Gasteiger partial charge >= 0.3 is 0 Å². The highest BCUT2D eigenvalue weighted by atomic mass is 35.5. The first-order valence-corrected chi connectivity index (χ1v) is 7.36. The molecule has 5 nitrogen and oxygen atoms in total. The molecular weight excluding hydrogens is 278 g/mol. The van der Waals surface area contributed by atoms with Crippen molar-refractivity contribution in [1.82, 2.24) is 9.88 Å². The monoisotopic (exact) mass is 297 g/mol. The fourth-order valence-corrected chi connectivity index (χ4v) is 2.42. The molecule has 2 rings (SSSR count). The Kier molecular flexibility index (Phi) is 5.20. The van der Waals surface area contributed by atoms with E-state index in [1.807, 2.05) is 0 Å². The molecule has 6 heteroatoms. The molecule has 1 amide bonds. The zero-order valence-electron chi connectivity index (χ0n) is 11.6. The van der Waals surface area contributed by atoms with Crippen LogP contribution in [0.5, 0.6) is 0 Å². The van der Waals surface area contributed by atoms with Crippen LogP contribution in [0.4, 0.5) is 5.82 Å². The van der Waals surface area contributed by atoms with E-state index in [2.05, 4.69) is 17.2 Å². The van der Waals surface area contributed by atoms with Crippen molar-refractivity contribution in [3.8, 4) is 0 Å². The van der Waals surface area contributed by atoms with Gasteiger partial charge in [-0.3, -0.25) is 4.79 Å². The van der Waals surface area contributed by atoms with Crippen LogP contribution in [-0.2, 0) is 0 Å². The van der Waals surface area contributed by atoms with E-state index in [-0.39, 0.29) is 12.0 Å². The summed E-state index contributed by atoms with van der Waals surface area (Å²) in [6.07, 6.45) is 1.94. The van der Waals surface area contributed by atoms with E-state index in [1.165, 1.54) is 0 Å². The predicted octanol–water partition coefficient (Wildman–Crippen LogP) is 2.15. The third-order valence-electron chi connectivity index (χ3n) is 3.35. The molecule has 2 N–H and O–H groups in total. The second-order valence-corrected chi connectivity index (χ2v) is 5.40. The summed E-state index contributed by atoms with van der Waals surface area (Å²) in [6, 6.07) is 3.32. The van der Waals surface area contributed by atoms with Crippen molar-refractivity contribution < 1.29 is 9.90 Å². The fourth-order valence-electron chi connectivity index (χ4n) is 2.22. The molecule has 0 aromatic carbocycles. The first kappa shape index (κ1) is 15.1. The maximum atomic E-state index is 12.4. The number of carbonyl (C=O) groups is 1. The lowest BCUT2D eigenvalue weighted by molar-refractivity contribution is 0.0546. The number of anilines is 1. The van der Waals surface area contributed by atoms with E-state index in [0.717, 1.165) is 13.0 Å². The molecule has 20 heavy (non-hydrogen) atoms. The number of aromatic nitrogens is 1. The summed E-state index contributed by atoms with van der Waals surface area (Å²) in [4.78, 5) is 18.3. The minimum Gasteiger partial charge on any atom is -0.393 e. The fraction of sp³-hybridized carbons (Fsp3) is 0.571. The van der Waals surface area contributed by atoms with Gasteiger partial charge in [0.1, 0.15) is 11.0 Å². The Morgan fingerprint density at radius 1 is 1.50 bits per heavy atom. The Hall–Kier alpha value is -1.33. The van der Waals surface area contributed by atoms with E-state index in [9.17, 15) is 9.90 Å². The van der Waals surface area contributed by atoms with Gasteiger partial charge in [-0.15, -0.1) is 0 Å². The van der Waals surface area contributed by atoms with Gasteiger partial charge in [0, 0.05) is 25.2 Å². The third-order valence-corrected chi connectivity index (χ3v) is 3.54. The topological polar surface area (TPSA) is 65.5 Å². The molecule has 1 aliphatic rings. The van der Waals surface area contributed by atoms with Crippen molar-refractivity contribution in [3.05, 3.63) is 22.8 Å². The van der Waals surface area contributed by atoms with Crippen LogP contribution >= 0.6 is 11.6 Å². The lowest BCUT2D eigenvalue weighted by Crippen LogP contribution is -2.40. The molecule has 0 unspecified atom stereocenters. The number of rotatable bonds is 4. The summed E-state index contributed by atoms with van der Waals surface area (Å²) in [6.45, 7) is 4.01. The van der Waals surface area contributed by atoms with Crippen LogP contribution in [-0.4, -0.2) is 46.6 Å². The van der Waals surface area contributed by atoms with Gasteiger partial charge in [0.05, 0.1) is 6.10 Å². The number of nitrogens with one attached hydrogen (secondary N) is 1. The minimum absolute atomic E-state index is 0.0549. The van der Waals surface area contributed by atoms with E-state index in [1.54, 1.807) is 17.0 Å². The molecule has 1 aromatic heterocycles. The second kappa shape index (κ2) is 6.90. The summed E-state index contributed by atoms with van der Waals surface area (Å²) >= 11 is 5.97. The van der Waals surface area contributed by atoms with E-state index < -0.39 is 0 Å². The Morgan fingerprint density at radius 2 is 2.20 bits per heavy atom. The molecule has 0 atom stereocenters. The predicted molar refractivity (Wildman–Crippen MR) is 79.2 cm³/mol. The molecule has 110 valence electrons. The van der Waals surface area contributed by atoms with Gasteiger partial charge in [-0.1, -0.05) is 18.5 Å². The summed E-state index contributed by atoms with van der Waals surface area (Å²) in [5.74, 6) is 0.570. The normalized spacial score (nSPS) is 16.2. The van der Waals surface area contributed by atoms with Gasteiger partial charge in [-0.25, -0.2) is 4.98 Å². The first-order valence-electron chi connectivity index (χ1n) is 6.99. The van der Waals surface area contributed by atoms with Crippen LogP contribution in [0.3, 0.4) is 0 Å².